The molecule has 8 nitrogen and oxygen atoms in total. The number of carbonyl (C=O) groups excluding carboxylic acids is 1. The lowest BCUT2D eigenvalue weighted by atomic mass is 10.3. The molecule has 0 atom stereocenters. The number of methoxy groups -OCH3 is 1. The standard InChI is InChI=1S/C12H16N6O2/c1-20-6-5-13-8-12(19)15-10-3-2-4-11(7-10)18-9-14-16-17-18/h2-4,7,9,13H,5-6,8H2,1H3,(H,15,19). The van der Waals surface area contributed by atoms with Crippen molar-refractivity contribution in [1.29, 1.82) is 0 Å². The molecular weight excluding hydrogens is 260 g/mol. The molecule has 2 aromatic rings. The molecule has 106 valence electrons. The first-order valence-electron chi connectivity index (χ1n) is 6.12. The summed E-state index contributed by atoms with van der Waals surface area (Å²) in [5.74, 6) is -0.116. The summed E-state index contributed by atoms with van der Waals surface area (Å²) in [5.41, 5.74) is 1.47. The van der Waals surface area contributed by atoms with Crippen molar-refractivity contribution in [2.24, 2.45) is 0 Å². The van der Waals surface area contributed by atoms with Crippen LogP contribution < -0.4 is 10.6 Å². The molecule has 0 saturated carbocycles. The lowest BCUT2D eigenvalue weighted by Crippen LogP contribution is -2.30. The predicted octanol–water partition coefficient (Wildman–Crippen LogP) is -0.163. The Labute approximate surface area is 116 Å². The van der Waals surface area contributed by atoms with Crippen LogP contribution in [0.3, 0.4) is 0 Å². The second-order valence-corrected chi connectivity index (χ2v) is 4.02. The molecule has 1 heterocycles. The first-order chi connectivity index (χ1) is 9.79. The zero-order valence-corrected chi connectivity index (χ0v) is 11.1. The van der Waals surface area contributed by atoms with Gasteiger partial charge in [-0.25, -0.2) is 4.68 Å². The summed E-state index contributed by atoms with van der Waals surface area (Å²) in [6.07, 6.45) is 1.49. The van der Waals surface area contributed by atoms with E-state index in [1.807, 2.05) is 12.1 Å². The van der Waals surface area contributed by atoms with Crippen LogP contribution in [-0.2, 0) is 9.53 Å². The lowest BCUT2D eigenvalue weighted by molar-refractivity contribution is -0.115. The van der Waals surface area contributed by atoms with E-state index in [9.17, 15) is 4.79 Å². The van der Waals surface area contributed by atoms with Crippen molar-refractivity contribution in [2.45, 2.75) is 0 Å². The largest absolute Gasteiger partial charge is 0.383 e. The summed E-state index contributed by atoms with van der Waals surface area (Å²) < 4.78 is 6.40. The van der Waals surface area contributed by atoms with Gasteiger partial charge in [-0.1, -0.05) is 6.07 Å². The number of nitrogens with one attached hydrogen (secondary N) is 2. The van der Waals surface area contributed by atoms with Crippen molar-refractivity contribution in [3.8, 4) is 5.69 Å². The maximum Gasteiger partial charge on any atom is 0.238 e. The van der Waals surface area contributed by atoms with Crippen LogP contribution in [0.2, 0.25) is 0 Å². The van der Waals surface area contributed by atoms with E-state index in [-0.39, 0.29) is 12.5 Å². The smallest absolute Gasteiger partial charge is 0.238 e. The number of carbonyl (C=O) groups is 1. The number of rotatable bonds is 7. The monoisotopic (exact) mass is 276 g/mol. The van der Waals surface area contributed by atoms with Gasteiger partial charge in [0, 0.05) is 19.3 Å². The van der Waals surface area contributed by atoms with Gasteiger partial charge in [0.1, 0.15) is 6.33 Å². The van der Waals surface area contributed by atoms with Gasteiger partial charge in [0.25, 0.3) is 0 Å². The van der Waals surface area contributed by atoms with Crippen LogP contribution in [0.5, 0.6) is 0 Å². The number of benzene rings is 1. The minimum absolute atomic E-state index is 0.116. The van der Waals surface area contributed by atoms with Crippen molar-refractivity contribution in [3.63, 3.8) is 0 Å². The number of tetrazole rings is 1. The Morgan fingerprint density at radius 3 is 3.10 bits per heavy atom. The molecule has 1 aromatic heterocycles. The SMILES string of the molecule is COCCNCC(=O)Nc1cccc(-n2cnnn2)c1. The third kappa shape index (κ3) is 4.11. The molecule has 1 amide bonds. The third-order valence-electron chi connectivity index (χ3n) is 2.51. The van der Waals surface area contributed by atoms with Gasteiger partial charge in [-0.3, -0.25) is 4.79 Å². The maximum absolute atomic E-state index is 11.7. The highest BCUT2D eigenvalue weighted by atomic mass is 16.5. The summed E-state index contributed by atoms with van der Waals surface area (Å²) in [6, 6.07) is 7.28. The number of nitrogens with zero attached hydrogens (tertiary/aromatic N) is 4. The highest BCUT2D eigenvalue weighted by Gasteiger charge is 2.04. The first kappa shape index (κ1) is 14.1. The van der Waals surface area contributed by atoms with Gasteiger partial charge in [-0.15, -0.1) is 5.10 Å². The fraction of sp³-hybridized carbons (Fsp3) is 0.333. The van der Waals surface area contributed by atoms with Crippen molar-refractivity contribution >= 4 is 11.6 Å². The number of hydrogen-bond acceptors (Lipinski definition) is 6. The predicted molar refractivity (Wildman–Crippen MR) is 72.5 cm³/mol. The fourth-order valence-corrected chi connectivity index (χ4v) is 1.59. The maximum atomic E-state index is 11.7. The van der Waals surface area contributed by atoms with Crippen molar-refractivity contribution < 1.29 is 9.53 Å². The van der Waals surface area contributed by atoms with Crippen LogP contribution in [0.15, 0.2) is 30.6 Å². The molecule has 0 saturated heterocycles. The van der Waals surface area contributed by atoms with Gasteiger partial charge >= 0.3 is 0 Å². The zero-order valence-electron chi connectivity index (χ0n) is 11.1. The van der Waals surface area contributed by atoms with E-state index in [4.69, 9.17) is 4.74 Å². The lowest BCUT2D eigenvalue weighted by Gasteiger charge is -2.07. The van der Waals surface area contributed by atoms with Gasteiger partial charge in [0.15, 0.2) is 0 Å². The Hall–Kier alpha value is -2.32. The Kier molecular flexibility index (Phi) is 5.15. The van der Waals surface area contributed by atoms with E-state index in [0.29, 0.717) is 18.8 Å². The number of aromatic nitrogens is 4. The second-order valence-electron chi connectivity index (χ2n) is 4.02. The number of amides is 1. The van der Waals surface area contributed by atoms with Crippen molar-refractivity contribution in [1.82, 2.24) is 25.5 Å². The first-order valence-corrected chi connectivity index (χ1v) is 6.12. The molecule has 0 bridgehead atoms. The molecule has 2 N–H and O–H groups in total. The highest BCUT2D eigenvalue weighted by molar-refractivity contribution is 5.92. The van der Waals surface area contributed by atoms with Gasteiger partial charge in [0.2, 0.25) is 5.91 Å². The summed E-state index contributed by atoms with van der Waals surface area (Å²) in [7, 11) is 1.62. The molecule has 1 aromatic carbocycles. The summed E-state index contributed by atoms with van der Waals surface area (Å²) in [6.45, 7) is 1.44. The van der Waals surface area contributed by atoms with Crippen LogP contribution in [0.4, 0.5) is 5.69 Å². The van der Waals surface area contributed by atoms with E-state index in [1.54, 1.807) is 19.2 Å². The molecule has 2 rings (SSSR count). The van der Waals surface area contributed by atoms with Crippen molar-refractivity contribution in [3.05, 3.63) is 30.6 Å². The molecule has 0 radical (unpaired) electrons. The number of anilines is 1. The molecule has 0 aliphatic carbocycles. The molecular formula is C12H16N6O2. The van der Waals surface area contributed by atoms with Gasteiger partial charge in [-0.2, -0.15) is 0 Å². The van der Waals surface area contributed by atoms with Crippen LogP contribution >= 0.6 is 0 Å². The Balaban J connectivity index is 1.90. The zero-order chi connectivity index (χ0) is 14.2. The van der Waals surface area contributed by atoms with Gasteiger partial charge in [-0.05, 0) is 28.6 Å². The number of ether oxygens (including phenoxy) is 1. The van der Waals surface area contributed by atoms with E-state index < -0.39 is 0 Å². The molecule has 0 unspecified atom stereocenters. The van der Waals surface area contributed by atoms with E-state index in [1.165, 1.54) is 11.0 Å². The van der Waals surface area contributed by atoms with Crippen LogP contribution in [-0.4, -0.2) is 52.9 Å². The summed E-state index contributed by atoms with van der Waals surface area (Å²) >= 11 is 0. The normalized spacial score (nSPS) is 10.4. The Morgan fingerprint density at radius 2 is 2.35 bits per heavy atom. The van der Waals surface area contributed by atoms with E-state index >= 15 is 0 Å². The van der Waals surface area contributed by atoms with Crippen LogP contribution in [0.25, 0.3) is 5.69 Å². The highest BCUT2D eigenvalue weighted by Crippen LogP contribution is 2.12. The summed E-state index contributed by atoms with van der Waals surface area (Å²) in [5, 5.41) is 16.7. The fourth-order valence-electron chi connectivity index (χ4n) is 1.59. The van der Waals surface area contributed by atoms with E-state index in [2.05, 4.69) is 26.2 Å². The van der Waals surface area contributed by atoms with Gasteiger partial charge in [0.05, 0.1) is 18.8 Å². The molecule has 0 aliphatic rings. The van der Waals surface area contributed by atoms with Crippen LogP contribution in [0.1, 0.15) is 0 Å². The van der Waals surface area contributed by atoms with Crippen LogP contribution in [0, 0.1) is 0 Å². The third-order valence-corrected chi connectivity index (χ3v) is 2.51. The summed E-state index contributed by atoms with van der Waals surface area (Å²) in [4.78, 5) is 11.7. The Morgan fingerprint density at radius 1 is 1.45 bits per heavy atom. The molecule has 0 fully saturated rings. The number of hydrogen-bond donors (Lipinski definition) is 2. The molecule has 8 heteroatoms. The molecule has 0 spiro atoms. The average Bonchev–Trinajstić information content (AvgIpc) is 2.98. The van der Waals surface area contributed by atoms with Gasteiger partial charge < -0.3 is 15.4 Å². The Bertz CT molecular complexity index is 543. The average molecular weight is 276 g/mol. The molecule has 0 aliphatic heterocycles. The second kappa shape index (κ2) is 7.31. The van der Waals surface area contributed by atoms with E-state index in [0.717, 1.165) is 5.69 Å². The topological polar surface area (TPSA) is 94.0 Å². The minimum Gasteiger partial charge on any atom is -0.383 e. The minimum atomic E-state index is -0.116. The quantitative estimate of drug-likeness (QED) is 0.682. The molecule has 20 heavy (non-hydrogen) atoms. The van der Waals surface area contributed by atoms with Crippen molar-refractivity contribution in [2.75, 3.05) is 32.1 Å².